The van der Waals surface area contributed by atoms with Gasteiger partial charge in [0.15, 0.2) is 0 Å². The topological polar surface area (TPSA) is 90.1 Å². The highest BCUT2D eigenvalue weighted by Crippen LogP contribution is 2.37. The first kappa shape index (κ1) is 16.4. The second-order valence-electron chi connectivity index (χ2n) is 7.87. The number of hydrogen-bond acceptors (Lipinski definition) is 5. The average molecular weight is 367 g/mol. The van der Waals surface area contributed by atoms with Crippen molar-refractivity contribution in [2.24, 2.45) is 11.8 Å². The molecular formula is C19H21N5O3. The molecule has 1 saturated carbocycles. The SMILES string of the molecule is O=C(c1ccncc1)N1C[C@H]2Cn3c(nn(CC4CCC4)c(=O)c3=O)[C@H]2C1. The number of pyridine rings is 1. The zero-order chi connectivity index (χ0) is 18.5. The summed E-state index contributed by atoms with van der Waals surface area (Å²) in [6.07, 6.45) is 6.58. The number of carbonyl (C=O) groups is 1. The largest absolute Gasteiger partial charge is 0.338 e. The van der Waals surface area contributed by atoms with E-state index in [1.807, 2.05) is 4.90 Å². The van der Waals surface area contributed by atoms with Crippen LogP contribution in [0.1, 0.15) is 41.4 Å². The van der Waals surface area contributed by atoms with Gasteiger partial charge in [0.1, 0.15) is 5.82 Å². The lowest BCUT2D eigenvalue weighted by Crippen LogP contribution is -2.45. The van der Waals surface area contributed by atoms with E-state index in [0.717, 1.165) is 12.8 Å². The van der Waals surface area contributed by atoms with Gasteiger partial charge in [-0.2, -0.15) is 5.10 Å². The zero-order valence-corrected chi connectivity index (χ0v) is 15.0. The Balaban J connectivity index is 1.43. The van der Waals surface area contributed by atoms with E-state index in [4.69, 9.17) is 0 Å². The van der Waals surface area contributed by atoms with E-state index < -0.39 is 11.1 Å². The monoisotopic (exact) mass is 367 g/mol. The van der Waals surface area contributed by atoms with Gasteiger partial charge in [0, 0.05) is 56.0 Å². The molecule has 0 N–H and O–H groups in total. The van der Waals surface area contributed by atoms with Crippen LogP contribution in [0.25, 0.3) is 0 Å². The Kier molecular flexibility index (Phi) is 3.73. The molecule has 0 bridgehead atoms. The molecule has 2 atom stereocenters. The first-order valence-electron chi connectivity index (χ1n) is 9.53. The van der Waals surface area contributed by atoms with Crippen LogP contribution in [0.3, 0.4) is 0 Å². The van der Waals surface area contributed by atoms with Crippen LogP contribution >= 0.6 is 0 Å². The summed E-state index contributed by atoms with van der Waals surface area (Å²) in [4.78, 5) is 43.4. The highest BCUT2D eigenvalue weighted by atomic mass is 16.2. The predicted molar refractivity (Wildman–Crippen MR) is 96.5 cm³/mol. The summed E-state index contributed by atoms with van der Waals surface area (Å²) in [7, 11) is 0. The number of aromatic nitrogens is 4. The molecular weight excluding hydrogens is 346 g/mol. The van der Waals surface area contributed by atoms with Crippen molar-refractivity contribution in [1.82, 2.24) is 24.2 Å². The van der Waals surface area contributed by atoms with E-state index >= 15 is 0 Å². The predicted octanol–water partition coefficient (Wildman–Crippen LogP) is 0.469. The maximum Gasteiger partial charge on any atom is 0.332 e. The highest BCUT2D eigenvalue weighted by molar-refractivity contribution is 5.94. The molecule has 2 fully saturated rings. The molecule has 1 aliphatic carbocycles. The van der Waals surface area contributed by atoms with Crippen molar-refractivity contribution in [3.8, 4) is 0 Å². The molecule has 8 heteroatoms. The minimum Gasteiger partial charge on any atom is -0.338 e. The third-order valence-electron chi connectivity index (χ3n) is 6.22. The van der Waals surface area contributed by atoms with Crippen molar-refractivity contribution >= 4 is 5.91 Å². The van der Waals surface area contributed by atoms with Crippen molar-refractivity contribution in [1.29, 1.82) is 0 Å². The third-order valence-corrected chi connectivity index (χ3v) is 6.22. The highest BCUT2D eigenvalue weighted by Gasteiger charge is 2.44. The van der Waals surface area contributed by atoms with Crippen molar-refractivity contribution in [3.63, 3.8) is 0 Å². The molecule has 0 unspecified atom stereocenters. The number of hydrogen-bond donors (Lipinski definition) is 0. The number of likely N-dealkylation sites (tertiary alicyclic amines) is 1. The molecule has 4 heterocycles. The fourth-order valence-corrected chi connectivity index (χ4v) is 4.47. The van der Waals surface area contributed by atoms with Crippen LogP contribution in [0.5, 0.6) is 0 Å². The molecule has 1 amide bonds. The first-order valence-corrected chi connectivity index (χ1v) is 9.53. The number of carbonyl (C=O) groups excluding carboxylic acids is 1. The van der Waals surface area contributed by atoms with E-state index in [1.165, 1.54) is 15.7 Å². The van der Waals surface area contributed by atoms with E-state index in [2.05, 4.69) is 10.1 Å². The van der Waals surface area contributed by atoms with Crippen molar-refractivity contribution in [3.05, 3.63) is 56.6 Å². The number of rotatable bonds is 3. The van der Waals surface area contributed by atoms with E-state index in [0.29, 0.717) is 43.5 Å². The van der Waals surface area contributed by atoms with Gasteiger partial charge >= 0.3 is 11.1 Å². The third kappa shape index (κ3) is 2.62. The van der Waals surface area contributed by atoms with Gasteiger partial charge in [-0.1, -0.05) is 6.42 Å². The van der Waals surface area contributed by atoms with Crippen LogP contribution in [-0.2, 0) is 13.1 Å². The fourth-order valence-electron chi connectivity index (χ4n) is 4.47. The minimum atomic E-state index is -0.518. The van der Waals surface area contributed by atoms with Gasteiger partial charge in [0.05, 0.1) is 0 Å². The van der Waals surface area contributed by atoms with Crippen LogP contribution < -0.4 is 11.1 Å². The molecule has 140 valence electrons. The Morgan fingerprint density at radius 3 is 2.56 bits per heavy atom. The van der Waals surface area contributed by atoms with E-state index in [1.54, 1.807) is 24.5 Å². The summed E-state index contributed by atoms with van der Waals surface area (Å²) >= 11 is 0. The van der Waals surface area contributed by atoms with Crippen LogP contribution in [0.4, 0.5) is 0 Å². The van der Waals surface area contributed by atoms with E-state index in [-0.39, 0.29) is 17.7 Å². The number of fused-ring (bicyclic) bond motifs is 3. The number of amides is 1. The van der Waals surface area contributed by atoms with Crippen molar-refractivity contribution in [2.75, 3.05) is 13.1 Å². The molecule has 2 aromatic rings. The first-order chi connectivity index (χ1) is 13.1. The Labute approximate surface area is 155 Å². The summed E-state index contributed by atoms with van der Waals surface area (Å²) in [5.41, 5.74) is -0.374. The second-order valence-corrected chi connectivity index (χ2v) is 7.87. The zero-order valence-electron chi connectivity index (χ0n) is 15.0. The quantitative estimate of drug-likeness (QED) is 0.736. The second kappa shape index (κ2) is 6.14. The number of nitrogens with zero attached hydrogens (tertiary/aromatic N) is 5. The molecule has 8 nitrogen and oxygen atoms in total. The van der Waals surface area contributed by atoms with Gasteiger partial charge in [-0.25, -0.2) is 4.68 Å². The Bertz CT molecular complexity index is 1010. The van der Waals surface area contributed by atoms with Crippen LogP contribution in [0.2, 0.25) is 0 Å². The maximum absolute atomic E-state index is 12.7. The molecule has 3 aliphatic rings. The summed E-state index contributed by atoms with van der Waals surface area (Å²) in [6, 6.07) is 3.42. The van der Waals surface area contributed by atoms with Gasteiger partial charge in [-0.05, 0) is 30.9 Å². The van der Waals surface area contributed by atoms with Crippen LogP contribution in [0.15, 0.2) is 34.1 Å². The lowest BCUT2D eigenvalue weighted by atomic mass is 9.85. The van der Waals surface area contributed by atoms with Crippen molar-refractivity contribution < 1.29 is 4.79 Å². The molecule has 2 aromatic heterocycles. The summed E-state index contributed by atoms with van der Waals surface area (Å²) < 4.78 is 2.90. The molecule has 1 saturated heterocycles. The summed E-state index contributed by atoms with van der Waals surface area (Å²) in [5, 5.41) is 4.56. The molecule has 5 rings (SSSR count). The van der Waals surface area contributed by atoms with Crippen LogP contribution in [-0.4, -0.2) is 43.2 Å². The van der Waals surface area contributed by atoms with Crippen LogP contribution in [0, 0.1) is 11.8 Å². The van der Waals surface area contributed by atoms with E-state index in [9.17, 15) is 14.4 Å². The minimum absolute atomic E-state index is 0.0109. The normalized spacial score (nSPS) is 23.8. The average Bonchev–Trinajstić information content (AvgIpc) is 3.21. The lowest BCUT2D eigenvalue weighted by Gasteiger charge is -2.25. The Morgan fingerprint density at radius 1 is 1.07 bits per heavy atom. The smallest absolute Gasteiger partial charge is 0.332 e. The van der Waals surface area contributed by atoms with Gasteiger partial charge in [0.2, 0.25) is 0 Å². The van der Waals surface area contributed by atoms with Gasteiger partial charge in [-0.15, -0.1) is 0 Å². The standard InChI is InChI=1S/C19H21N5O3/c25-17(13-4-6-20-7-5-13)22-9-14-10-23-16(15(14)11-22)21-24(19(27)18(23)26)8-12-2-1-3-12/h4-7,12,14-15H,1-3,8-11H2/t14-,15-/m0/s1. The molecule has 27 heavy (non-hydrogen) atoms. The van der Waals surface area contributed by atoms with Gasteiger partial charge in [-0.3, -0.25) is 23.9 Å². The Hall–Kier alpha value is -2.77. The van der Waals surface area contributed by atoms with Crippen molar-refractivity contribution in [2.45, 2.75) is 38.3 Å². The molecule has 0 aromatic carbocycles. The summed E-state index contributed by atoms with van der Waals surface area (Å²) in [5.74, 6) is 1.23. The molecule has 0 radical (unpaired) electrons. The molecule has 0 spiro atoms. The Morgan fingerprint density at radius 2 is 1.85 bits per heavy atom. The maximum atomic E-state index is 12.7. The summed E-state index contributed by atoms with van der Waals surface area (Å²) in [6.45, 7) is 2.09. The molecule has 2 aliphatic heterocycles. The fraction of sp³-hybridized carbons (Fsp3) is 0.526. The lowest BCUT2D eigenvalue weighted by molar-refractivity contribution is 0.0782. The van der Waals surface area contributed by atoms with Gasteiger partial charge < -0.3 is 4.90 Å². The van der Waals surface area contributed by atoms with Gasteiger partial charge in [0.25, 0.3) is 5.91 Å².